The number of hydrogen-bond acceptors (Lipinski definition) is 4. The van der Waals surface area contributed by atoms with E-state index >= 15 is 0 Å². The van der Waals surface area contributed by atoms with Crippen molar-refractivity contribution < 1.29 is 9.47 Å². The van der Waals surface area contributed by atoms with E-state index in [2.05, 4.69) is 41.5 Å². The molecule has 1 aromatic heterocycles. The molecule has 0 saturated heterocycles. The van der Waals surface area contributed by atoms with Crippen molar-refractivity contribution in [2.24, 2.45) is 12.0 Å². The molecule has 1 unspecified atom stereocenters. The van der Waals surface area contributed by atoms with Gasteiger partial charge in [-0.1, -0.05) is 12.1 Å². The molecule has 0 fully saturated rings. The standard InChI is InChI=1S/C21H33N5O2.HI/c1-15(13-20-16(2)25-26(5)17(20)3)24-21(22-4)23-14-18-7-9-19(10-8-18)28-12-11-27-6;/h7-10,15H,11-14H2,1-6H3,(H2,22,23,24);1H. The van der Waals surface area contributed by atoms with Crippen molar-refractivity contribution in [2.75, 3.05) is 27.4 Å². The van der Waals surface area contributed by atoms with E-state index in [1.165, 1.54) is 11.3 Å². The molecule has 162 valence electrons. The van der Waals surface area contributed by atoms with Crippen LogP contribution in [0.25, 0.3) is 0 Å². The lowest BCUT2D eigenvalue weighted by Gasteiger charge is -2.18. The third-order valence-corrected chi connectivity index (χ3v) is 4.72. The van der Waals surface area contributed by atoms with E-state index in [9.17, 15) is 0 Å². The topological polar surface area (TPSA) is 72.7 Å². The molecule has 0 radical (unpaired) electrons. The number of hydrogen-bond donors (Lipinski definition) is 2. The van der Waals surface area contributed by atoms with Crippen molar-refractivity contribution in [1.29, 1.82) is 0 Å². The number of guanidine groups is 1. The van der Waals surface area contributed by atoms with Gasteiger partial charge in [-0.15, -0.1) is 24.0 Å². The zero-order valence-corrected chi connectivity index (χ0v) is 20.6. The summed E-state index contributed by atoms with van der Waals surface area (Å²) in [6, 6.07) is 8.28. The number of aliphatic imine (C=N–C) groups is 1. The number of nitrogens with one attached hydrogen (secondary N) is 2. The molecule has 0 saturated carbocycles. The summed E-state index contributed by atoms with van der Waals surface area (Å²) in [5.74, 6) is 1.63. The average Bonchev–Trinajstić information content (AvgIpc) is 2.92. The predicted octanol–water partition coefficient (Wildman–Crippen LogP) is 2.98. The van der Waals surface area contributed by atoms with Gasteiger partial charge in [0.15, 0.2) is 5.96 Å². The Morgan fingerprint density at radius 2 is 1.90 bits per heavy atom. The molecule has 0 bridgehead atoms. The number of nitrogens with zero attached hydrogens (tertiary/aromatic N) is 3. The number of aryl methyl sites for hydroxylation is 2. The highest BCUT2D eigenvalue weighted by atomic mass is 127. The van der Waals surface area contributed by atoms with E-state index in [0.717, 1.165) is 29.4 Å². The molecule has 0 spiro atoms. The van der Waals surface area contributed by atoms with Crippen LogP contribution in [0.15, 0.2) is 29.3 Å². The largest absolute Gasteiger partial charge is 0.491 e. The van der Waals surface area contributed by atoms with Gasteiger partial charge in [-0.3, -0.25) is 9.67 Å². The van der Waals surface area contributed by atoms with E-state index < -0.39 is 0 Å². The average molecular weight is 515 g/mol. The van der Waals surface area contributed by atoms with Crippen LogP contribution in [0.5, 0.6) is 5.75 Å². The lowest BCUT2D eigenvalue weighted by Crippen LogP contribution is -2.42. The molecule has 8 heteroatoms. The quantitative estimate of drug-likeness (QED) is 0.233. The van der Waals surface area contributed by atoms with E-state index in [0.29, 0.717) is 19.8 Å². The van der Waals surface area contributed by atoms with Crippen molar-refractivity contribution in [3.8, 4) is 5.75 Å². The second kappa shape index (κ2) is 12.7. The van der Waals surface area contributed by atoms with Crippen LogP contribution < -0.4 is 15.4 Å². The zero-order chi connectivity index (χ0) is 20.5. The molecule has 0 aliphatic rings. The Morgan fingerprint density at radius 1 is 1.21 bits per heavy atom. The van der Waals surface area contributed by atoms with Gasteiger partial charge >= 0.3 is 0 Å². The number of halogens is 1. The third kappa shape index (κ3) is 7.85. The Morgan fingerprint density at radius 3 is 2.45 bits per heavy atom. The van der Waals surface area contributed by atoms with Gasteiger partial charge in [0.1, 0.15) is 12.4 Å². The first kappa shape index (κ1) is 25.2. The van der Waals surface area contributed by atoms with Crippen LogP contribution in [0.2, 0.25) is 0 Å². The maximum Gasteiger partial charge on any atom is 0.191 e. The van der Waals surface area contributed by atoms with Crippen molar-refractivity contribution in [3.63, 3.8) is 0 Å². The third-order valence-electron chi connectivity index (χ3n) is 4.72. The molecule has 0 aliphatic carbocycles. The van der Waals surface area contributed by atoms with Crippen molar-refractivity contribution >= 4 is 29.9 Å². The molecule has 2 rings (SSSR count). The van der Waals surface area contributed by atoms with Crippen LogP contribution in [0.1, 0.15) is 29.4 Å². The number of rotatable bonds is 9. The summed E-state index contributed by atoms with van der Waals surface area (Å²) in [5.41, 5.74) is 4.75. The summed E-state index contributed by atoms with van der Waals surface area (Å²) < 4.78 is 12.5. The molecular weight excluding hydrogens is 481 g/mol. The van der Waals surface area contributed by atoms with Gasteiger partial charge in [0.05, 0.1) is 12.3 Å². The van der Waals surface area contributed by atoms with Gasteiger partial charge in [-0.2, -0.15) is 5.10 Å². The first-order chi connectivity index (χ1) is 13.4. The molecule has 7 nitrogen and oxygen atoms in total. The maximum atomic E-state index is 5.59. The Kier molecular flexibility index (Phi) is 11.0. The predicted molar refractivity (Wildman–Crippen MR) is 128 cm³/mol. The first-order valence-electron chi connectivity index (χ1n) is 9.61. The van der Waals surface area contributed by atoms with Crippen molar-refractivity contribution in [1.82, 2.24) is 20.4 Å². The normalized spacial score (nSPS) is 12.3. The Bertz CT molecular complexity index is 774. The van der Waals surface area contributed by atoms with Crippen LogP contribution in [-0.2, 0) is 24.8 Å². The summed E-state index contributed by atoms with van der Waals surface area (Å²) in [6.45, 7) is 8.16. The molecular formula is C21H34IN5O2. The van der Waals surface area contributed by atoms with Gasteiger partial charge in [-0.25, -0.2) is 0 Å². The highest BCUT2D eigenvalue weighted by Gasteiger charge is 2.14. The highest BCUT2D eigenvalue weighted by Crippen LogP contribution is 2.14. The smallest absolute Gasteiger partial charge is 0.191 e. The van der Waals surface area contributed by atoms with Crippen molar-refractivity contribution in [2.45, 2.75) is 39.8 Å². The van der Waals surface area contributed by atoms with Gasteiger partial charge < -0.3 is 20.1 Å². The number of methoxy groups -OCH3 is 1. The number of ether oxygens (including phenoxy) is 2. The SMILES string of the molecule is CN=C(NCc1ccc(OCCOC)cc1)NC(C)Cc1c(C)nn(C)c1C.I. The van der Waals surface area contributed by atoms with Gasteiger partial charge in [0.2, 0.25) is 0 Å². The summed E-state index contributed by atoms with van der Waals surface area (Å²) in [6.07, 6.45) is 0.902. The van der Waals surface area contributed by atoms with Crippen LogP contribution in [-0.4, -0.2) is 49.2 Å². The monoisotopic (exact) mass is 515 g/mol. The van der Waals surface area contributed by atoms with Crippen LogP contribution in [0, 0.1) is 13.8 Å². The molecule has 29 heavy (non-hydrogen) atoms. The second-order valence-corrected chi connectivity index (χ2v) is 6.93. The molecule has 1 heterocycles. The molecule has 1 aromatic carbocycles. The summed E-state index contributed by atoms with van der Waals surface area (Å²) in [4.78, 5) is 4.34. The summed E-state index contributed by atoms with van der Waals surface area (Å²) in [5, 5.41) is 11.3. The minimum absolute atomic E-state index is 0. The summed E-state index contributed by atoms with van der Waals surface area (Å²) in [7, 11) is 5.44. The van der Waals surface area contributed by atoms with Gasteiger partial charge in [0.25, 0.3) is 0 Å². The van der Waals surface area contributed by atoms with E-state index in [-0.39, 0.29) is 30.0 Å². The van der Waals surface area contributed by atoms with Gasteiger partial charge in [-0.05, 0) is 50.5 Å². The van der Waals surface area contributed by atoms with Crippen molar-refractivity contribution in [3.05, 3.63) is 46.8 Å². The minimum atomic E-state index is 0. The Hall–Kier alpha value is -1.81. The molecule has 2 N–H and O–H groups in total. The number of aromatic nitrogens is 2. The zero-order valence-electron chi connectivity index (χ0n) is 18.3. The fraction of sp³-hybridized carbons (Fsp3) is 0.524. The van der Waals surface area contributed by atoms with Crippen LogP contribution in [0.3, 0.4) is 0 Å². The van der Waals surface area contributed by atoms with Crippen LogP contribution >= 0.6 is 24.0 Å². The number of benzene rings is 1. The molecule has 0 aliphatic heterocycles. The molecule has 0 amide bonds. The van der Waals surface area contributed by atoms with E-state index in [4.69, 9.17) is 9.47 Å². The second-order valence-electron chi connectivity index (χ2n) is 6.93. The van der Waals surface area contributed by atoms with E-state index in [1.807, 2.05) is 36.0 Å². The lowest BCUT2D eigenvalue weighted by atomic mass is 10.1. The fourth-order valence-electron chi connectivity index (χ4n) is 3.03. The lowest BCUT2D eigenvalue weighted by molar-refractivity contribution is 0.146. The summed E-state index contributed by atoms with van der Waals surface area (Å²) >= 11 is 0. The molecule has 1 atom stereocenters. The Balaban J connectivity index is 0.00000420. The van der Waals surface area contributed by atoms with E-state index in [1.54, 1.807) is 14.2 Å². The minimum Gasteiger partial charge on any atom is -0.491 e. The van der Waals surface area contributed by atoms with Gasteiger partial charge in [0, 0.05) is 39.5 Å². The highest BCUT2D eigenvalue weighted by molar-refractivity contribution is 14.0. The molecule has 2 aromatic rings. The Labute approximate surface area is 191 Å². The fourth-order valence-corrected chi connectivity index (χ4v) is 3.03. The maximum absolute atomic E-state index is 5.59. The van der Waals surface area contributed by atoms with Crippen LogP contribution in [0.4, 0.5) is 0 Å². The first-order valence-corrected chi connectivity index (χ1v) is 9.61.